The normalized spacial score (nSPS) is 15.1. The zero-order valence-corrected chi connectivity index (χ0v) is 10.6. The van der Waals surface area contributed by atoms with Gasteiger partial charge in [0.1, 0.15) is 0 Å². The van der Waals surface area contributed by atoms with Crippen LogP contribution < -0.4 is 5.32 Å². The zero-order valence-electron chi connectivity index (χ0n) is 9.82. The molecule has 0 spiro atoms. The highest BCUT2D eigenvalue weighted by atomic mass is 32.1. The van der Waals surface area contributed by atoms with Gasteiger partial charge in [0.15, 0.2) is 0 Å². The van der Waals surface area contributed by atoms with E-state index in [0.717, 1.165) is 19.6 Å². The summed E-state index contributed by atoms with van der Waals surface area (Å²) in [6.45, 7) is 8.02. The first kappa shape index (κ1) is 12.7. The molecule has 0 aliphatic heterocycles. The van der Waals surface area contributed by atoms with Crippen LogP contribution in [0.25, 0.3) is 0 Å². The van der Waals surface area contributed by atoms with E-state index in [2.05, 4.69) is 36.7 Å². The quantitative estimate of drug-likeness (QED) is 0.773. The van der Waals surface area contributed by atoms with Crippen LogP contribution in [-0.4, -0.2) is 25.3 Å². The Morgan fingerprint density at radius 3 is 2.80 bits per heavy atom. The van der Waals surface area contributed by atoms with Gasteiger partial charge in [0.25, 0.3) is 0 Å². The summed E-state index contributed by atoms with van der Waals surface area (Å²) in [5.41, 5.74) is 0. The Kier molecular flexibility index (Phi) is 5.91. The summed E-state index contributed by atoms with van der Waals surface area (Å²) in [5.74, 6) is 0. The molecule has 1 aromatic rings. The lowest BCUT2D eigenvalue weighted by atomic mass is 10.2. The Balaban J connectivity index is 2.20. The van der Waals surface area contributed by atoms with E-state index in [0.29, 0.717) is 12.1 Å². The maximum Gasteiger partial charge on any atom is 0.0616 e. The van der Waals surface area contributed by atoms with Crippen LogP contribution in [0.5, 0.6) is 0 Å². The summed E-state index contributed by atoms with van der Waals surface area (Å²) in [4.78, 5) is 1.44. The van der Waals surface area contributed by atoms with Gasteiger partial charge in [-0.25, -0.2) is 0 Å². The highest BCUT2D eigenvalue weighted by Crippen LogP contribution is 2.11. The second-order valence-corrected chi connectivity index (χ2v) is 4.94. The van der Waals surface area contributed by atoms with Gasteiger partial charge in [0.2, 0.25) is 0 Å². The molecular weight excluding hydrogens is 206 g/mol. The molecule has 0 saturated carbocycles. The molecule has 0 radical (unpaired) electrons. The molecule has 1 N–H and O–H groups in total. The molecule has 1 rings (SSSR count). The molecule has 2 nitrogen and oxygen atoms in total. The Morgan fingerprint density at radius 1 is 1.40 bits per heavy atom. The van der Waals surface area contributed by atoms with Crippen molar-refractivity contribution < 1.29 is 4.74 Å². The second kappa shape index (κ2) is 6.99. The lowest BCUT2D eigenvalue weighted by Gasteiger charge is -2.19. The Morgan fingerprint density at radius 2 is 2.20 bits per heavy atom. The second-order valence-electron chi connectivity index (χ2n) is 3.91. The van der Waals surface area contributed by atoms with Crippen LogP contribution in [0.4, 0.5) is 0 Å². The molecule has 0 saturated heterocycles. The maximum absolute atomic E-state index is 5.37. The SMILES string of the molecule is CCOCC(C)NC(C)Cc1cccs1. The highest BCUT2D eigenvalue weighted by molar-refractivity contribution is 7.09. The Bertz CT molecular complexity index is 248. The number of nitrogens with one attached hydrogen (secondary N) is 1. The number of rotatable bonds is 7. The van der Waals surface area contributed by atoms with Crippen molar-refractivity contribution in [1.82, 2.24) is 5.32 Å². The summed E-state index contributed by atoms with van der Waals surface area (Å²) in [5, 5.41) is 5.67. The van der Waals surface area contributed by atoms with Crippen molar-refractivity contribution in [2.45, 2.75) is 39.3 Å². The van der Waals surface area contributed by atoms with E-state index >= 15 is 0 Å². The topological polar surface area (TPSA) is 21.3 Å². The van der Waals surface area contributed by atoms with E-state index in [1.165, 1.54) is 4.88 Å². The number of hydrogen-bond acceptors (Lipinski definition) is 3. The lowest BCUT2D eigenvalue weighted by molar-refractivity contribution is 0.124. The molecule has 2 unspecified atom stereocenters. The molecule has 0 bridgehead atoms. The molecule has 0 aromatic carbocycles. The molecular formula is C12H21NOS. The molecule has 3 heteroatoms. The molecule has 1 aromatic heterocycles. The van der Waals surface area contributed by atoms with E-state index in [9.17, 15) is 0 Å². The minimum absolute atomic E-state index is 0.430. The molecule has 2 atom stereocenters. The first-order valence-corrected chi connectivity index (χ1v) is 6.46. The summed E-state index contributed by atoms with van der Waals surface area (Å²) >= 11 is 1.82. The number of thiophene rings is 1. The van der Waals surface area contributed by atoms with Crippen molar-refractivity contribution in [1.29, 1.82) is 0 Å². The largest absolute Gasteiger partial charge is 0.380 e. The fraction of sp³-hybridized carbons (Fsp3) is 0.667. The van der Waals surface area contributed by atoms with Crippen molar-refractivity contribution in [3.8, 4) is 0 Å². The fourth-order valence-electron chi connectivity index (χ4n) is 1.62. The van der Waals surface area contributed by atoms with Gasteiger partial charge in [-0.1, -0.05) is 6.07 Å². The van der Waals surface area contributed by atoms with Gasteiger partial charge in [-0.05, 0) is 38.6 Å². The Labute approximate surface area is 96.7 Å². The predicted octanol–water partition coefficient (Wildman–Crippen LogP) is 2.69. The summed E-state index contributed by atoms with van der Waals surface area (Å²) in [6, 6.07) is 5.24. The highest BCUT2D eigenvalue weighted by Gasteiger charge is 2.08. The van der Waals surface area contributed by atoms with Crippen LogP contribution in [0.1, 0.15) is 25.6 Å². The number of hydrogen-bond donors (Lipinski definition) is 1. The molecule has 0 aliphatic rings. The molecule has 1 heterocycles. The van der Waals surface area contributed by atoms with Gasteiger partial charge in [-0.2, -0.15) is 0 Å². The van der Waals surface area contributed by atoms with Gasteiger partial charge in [0.05, 0.1) is 6.61 Å². The number of ether oxygens (including phenoxy) is 1. The van der Waals surface area contributed by atoms with Gasteiger partial charge in [0, 0.05) is 23.6 Å². The monoisotopic (exact) mass is 227 g/mol. The van der Waals surface area contributed by atoms with Crippen molar-refractivity contribution >= 4 is 11.3 Å². The van der Waals surface area contributed by atoms with Crippen LogP contribution in [0, 0.1) is 0 Å². The van der Waals surface area contributed by atoms with E-state index in [1.54, 1.807) is 0 Å². The van der Waals surface area contributed by atoms with Crippen LogP contribution in [0.3, 0.4) is 0 Å². The van der Waals surface area contributed by atoms with Crippen molar-refractivity contribution in [2.75, 3.05) is 13.2 Å². The van der Waals surface area contributed by atoms with Gasteiger partial charge in [-0.15, -0.1) is 11.3 Å². The van der Waals surface area contributed by atoms with E-state index in [4.69, 9.17) is 4.74 Å². The molecule has 0 amide bonds. The average molecular weight is 227 g/mol. The van der Waals surface area contributed by atoms with Crippen molar-refractivity contribution in [3.05, 3.63) is 22.4 Å². The fourth-order valence-corrected chi connectivity index (χ4v) is 2.45. The molecule has 86 valence electrons. The van der Waals surface area contributed by atoms with E-state index in [1.807, 2.05) is 18.3 Å². The summed E-state index contributed by atoms with van der Waals surface area (Å²) < 4.78 is 5.37. The summed E-state index contributed by atoms with van der Waals surface area (Å²) in [6.07, 6.45) is 1.11. The first-order valence-electron chi connectivity index (χ1n) is 5.58. The lowest BCUT2D eigenvalue weighted by Crippen LogP contribution is -2.38. The van der Waals surface area contributed by atoms with Crippen LogP contribution in [-0.2, 0) is 11.2 Å². The minimum atomic E-state index is 0.430. The minimum Gasteiger partial charge on any atom is -0.380 e. The van der Waals surface area contributed by atoms with Crippen LogP contribution in [0.2, 0.25) is 0 Å². The van der Waals surface area contributed by atoms with E-state index < -0.39 is 0 Å². The molecule has 0 aliphatic carbocycles. The molecule has 0 fully saturated rings. The maximum atomic E-state index is 5.37. The van der Waals surface area contributed by atoms with Crippen molar-refractivity contribution in [3.63, 3.8) is 0 Å². The van der Waals surface area contributed by atoms with Crippen LogP contribution >= 0.6 is 11.3 Å². The van der Waals surface area contributed by atoms with Crippen LogP contribution in [0.15, 0.2) is 17.5 Å². The zero-order chi connectivity index (χ0) is 11.1. The first-order chi connectivity index (χ1) is 7.22. The third kappa shape index (κ3) is 5.30. The van der Waals surface area contributed by atoms with Gasteiger partial charge in [-0.3, -0.25) is 0 Å². The predicted molar refractivity (Wildman–Crippen MR) is 66.6 cm³/mol. The van der Waals surface area contributed by atoms with Gasteiger partial charge < -0.3 is 10.1 Å². The molecule has 15 heavy (non-hydrogen) atoms. The Hall–Kier alpha value is -0.380. The van der Waals surface area contributed by atoms with Gasteiger partial charge >= 0.3 is 0 Å². The summed E-state index contributed by atoms with van der Waals surface area (Å²) in [7, 11) is 0. The third-order valence-corrected chi connectivity index (χ3v) is 3.13. The smallest absolute Gasteiger partial charge is 0.0616 e. The standard InChI is InChI=1S/C12H21NOS/c1-4-14-9-11(3)13-10(2)8-12-6-5-7-15-12/h5-7,10-11,13H,4,8-9H2,1-3H3. The van der Waals surface area contributed by atoms with Crippen molar-refractivity contribution in [2.24, 2.45) is 0 Å². The third-order valence-electron chi connectivity index (χ3n) is 2.23. The van der Waals surface area contributed by atoms with E-state index in [-0.39, 0.29) is 0 Å². The average Bonchev–Trinajstić information content (AvgIpc) is 2.67.